The monoisotopic (exact) mass is 308 g/mol. The molecule has 1 aromatic rings. The van der Waals surface area contributed by atoms with Gasteiger partial charge in [0.15, 0.2) is 5.92 Å². The quantitative estimate of drug-likeness (QED) is 0.924. The Kier molecular flexibility index (Phi) is 4.34. The number of hydrogen-bond acceptors (Lipinski definition) is 1. The Labute approximate surface area is 104 Å². The first kappa shape index (κ1) is 13.8. The predicted molar refractivity (Wildman–Crippen MR) is 60.4 cm³/mol. The molecule has 2 nitrogen and oxygen atoms in total. The lowest BCUT2D eigenvalue weighted by Gasteiger charge is -2.11. The first-order valence-electron chi connectivity index (χ1n) is 4.54. The average Bonchev–Trinajstić information content (AvgIpc) is 2.18. The molecule has 1 aromatic carbocycles. The van der Waals surface area contributed by atoms with Gasteiger partial charge < -0.3 is 5.11 Å². The van der Waals surface area contributed by atoms with E-state index in [9.17, 15) is 18.0 Å². The molecule has 0 aromatic heterocycles. The first-order chi connectivity index (χ1) is 7.80. The van der Waals surface area contributed by atoms with Crippen molar-refractivity contribution in [3.8, 4) is 0 Å². The maximum absolute atomic E-state index is 12.3. The fourth-order valence-corrected chi connectivity index (χ4v) is 1.38. The molecule has 0 aliphatic carbocycles. The second-order valence-electron chi connectivity index (χ2n) is 3.27. The molecule has 1 N–H and O–H groups in total. The number of hydrogen-bond donors (Lipinski definition) is 1. The smallest absolute Gasteiger partial charge is 0.405 e. The van der Waals surface area contributed by atoms with E-state index in [4.69, 9.17) is 5.11 Å². The van der Waals surface area contributed by atoms with E-state index in [1.807, 2.05) is 0 Å². The molecule has 17 heavy (non-hydrogen) atoms. The molecule has 0 fully saturated rings. The molecule has 0 aliphatic rings. The van der Waals surface area contributed by atoms with E-state index in [0.29, 0.717) is 11.6 Å². The summed E-state index contributed by atoms with van der Waals surface area (Å²) >= 11 is 3.18. The fourth-order valence-electron chi connectivity index (χ4n) is 1.11. The molecule has 0 amide bonds. The molecule has 6 heteroatoms. The Bertz CT molecular complexity index is 423. The largest absolute Gasteiger partial charge is 0.481 e. The Hall–Kier alpha value is -1.30. The summed E-state index contributed by atoms with van der Waals surface area (Å²) in [6.45, 7) is 0. The SMILES string of the molecule is O=C(O)C(/C=C\c1ccc(Br)cc1)C(F)(F)F. The summed E-state index contributed by atoms with van der Waals surface area (Å²) in [5.74, 6) is -4.39. The summed E-state index contributed by atoms with van der Waals surface area (Å²) < 4.78 is 37.7. The van der Waals surface area contributed by atoms with Gasteiger partial charge in [-0.15, -0.1) is 0 Å². The molecule has 92 valence electrons. The van der Waals surface area contributed by atoms with Crippen LogP contribution in [0.1, 0.15) is 5.56 Å². The van der Waals surface area contributed by atoms with Crippen molar-refractivity contribution in [1.29, 1.82) is 0 Å². The molecular formula is C11H8BrF3O2. The van der Waals surface area contributed by atoms with Crippen LogP contribution in [0.2, 0.25) is 0 Å². The summed E-state index contributed by atoms with van der Waals surface area (Å²) in [6, 6.07) is 6.47. The van der Waals surface area contributed by atoms with Gasteiger partial charge in [0.25, 0.3) is 0 Å². The van der Waals surface area contributed by atoms with E-state index in [1.165, 1.54) is 0 Å². The third-order valence-electron chi connectivity index (χ3n) is 1.97. The van der Waals surface area contributed by atoms with Crippen LogP contribution in [0.3, 0.4) is 0 Å². The van der Waals surface area contributed by atoms with Gasteiger partial charge in [-0.05, 0) is 17.7 Å². The van der Waals surface area contributed by atoms with Crippen LogP contribution in [0.4, 0.5) is 13.2 Å². The first-order valence-corrected chi connectivity index (χ1v) is 5.33. The van der Waals surface area contributed by atoms with E-state index in [2.05, 4.69) is 15.9 Å². The molecular weight excluding hydrogens is 301 g/mol. The van der Waals surface area contributed by atoms with Crippen LogP contribution < -0.4 is 0 Å². The zero-order chi connectivity index (χ0) is 13.1. The lowest BCUT2D eigenvalue weighted by Crippen LogP contribution is -2.28. The van der Waals surface area contributed by atoms with Crippen molar-refractivity contribution >= 4 is 28.0 Å². The minimum absolute atomic E-state index is 0.503. The van der Waals surface area contributed by atoms with Crippen molar-refractivity contribution in [2.45, 2.75) is 6.18 Å². The van der Waals surface area contributed by atoms with E-state index in [-0.39, 0.29) is 0 Å². The van der Waals surface area contributed by atoms with Crippen LogP contribution in [-0.2, 0) is 4.79 Å². The molecule has 0 radical (unpaired) electrons. The second-order valence-corrected chi connectivity index (χ2v) is 4.18. The summed E-state index contributed by atoms with van der Waals surface area (Å²) in [6.07, 6.45) is -3.01. The summed E-state index contributed by atoms with van der Waals surface area (Å²) in [7, 11) is 0. The molecule has 0 saturated carbocycles. The van der Waals surface area contributed by atoms with Gasteiger partial charge in [-0.2, -0.15) is 13.2 Å². The Morgan fingerprint density at radius 2 is 1.82 bits per heavy atom. The lowest BCUT2D eigenvalue weighted by molar-refractivity contribution is -0.183. The fraction of sp³-hybridized carbons (Fsp3) is 0.182. The van der Waals surface area contributed by atoms with Gasteiger partial charge in [0, 0.05) is 4.47 Å². The Balaban J connectivity index is 2.87. The number of aliphatic carboxylic acids is 1. The van der Waals surface area contributed by atoms with E-state index >= 15 is 0 Å². The summed E-state index contributed by atoms with van der Waals surface area (Å²) in [5, 5.41) is 8.45. The molecule has 0 spiro atoms. The van der Waals surface area contributed by atoms with E-state index in [0.717, 1.165) is 10.5 Å². The number of benzene rings is 1. The summed E-state index contributed by atoms with van der Waals surface area (Å²) in [5.41, 5.74) is 0.503. The molecule has 0 saturated heterocycles. The number of carboxylic acid groups (broad SMARTS) is 1. The molecule has 0 aliphatic heterocycles. The van der Waals surface area contributed by atoms with E-state index in [1.54, 1.807) is 24.3 Å². The number of halogens is 4. The topological polar surface area (TPSA) is 37.3 Å². The van der Waals surface area contributed by atoms with Crippen molar-refractivity contribution in [1.82, 2.24) is 0 Å². The van der Waals surface area contributed by atoms with Gasteiger partial charge in [0.2, 0.25) is 0 Å². The zero-order valence-electron chi connectivity index (χ0n) is 8.41. The normalized spacial score (nSPS) is 13.9. The van der Waals surface area contributed by atoms with Crippen LogP contribution in [0.5, 0.6) is 0 Å². The van der Waals surface area contributed by atoms with Crippen LogP contribution in [-0.4, -0.2) is 17.3 Å². The maximum Gasteiger partial charge on any atom is 0.405 e. The minimum atomic E-state index is -4.78. The molecule has 0 heterocycles. The van der Waals surface area contributed by atoms with Gasteiger partial charge in [-0.1, -0.05) is 40.2 Å². The Morgan fingerprint density at radius 1 is 1.29 bits per heavy atom. The highest BCUT2D eigenvalue weighted by molar-refractivity contribution is 9.10. The van der Waals surface area contributed by atoms with Crippen molar-refractivity contribution in [2.24, 2.45) is 5.92 Å². The number of carbonyl (C=O) groups is 1. The summed E-state index contributed by atoms with van der Waals surface area (Å²) in [4.78, 5) is 10.4. The number of alkyl halides is 3. The highest BCUT2D eigenvalue weighted by Gasteiger charge is 2.43. The number of rotatable bonds is 3. The van der Waals surface area contributed by atoms with Gasteiger partial charge in [0.05, 0.1) is 0 Å². The maximum atomic E-state index is 12.3. The third kappa shape index (κ3) is 4.22. The molecule has 0 bridgehead atoms. The standard InChI is InChI=1S/C11H8BrF3O2/c12-8-4-1-7(2-5-8)3-6-9(10(16)17)11(13,14)15/h1-6,9H,(H,16,17)/b6-3-. The molecule has 1 atom stereocenters. The van der Waals surface area contributed by atoms with Gasteiger partial charge in [-0.3, -0.25) is 4.79 Å². The highest BCUT2D eigenvalue weighted by Crippen LogP contribution is 2.28. The van der Waals surface area contributed by atoms with Crippen molar-refractivity contribution in [3.63, 3.8) is 0 Å². The van der Waals surface area contributed by atoms with E-state index < -0.39 is 18.1 Å². The third-order valence-corrected chi connectivity index (χ3v) is 2.50. The van der Waals surface area contributed by atoms with Crippen molar-refractivity contribution in [3.05, 3.63) is 40.4 Å². The van der Waals surface area contributed by atoms with Crippen LogP contribution in [0, 0.1) is 5.92 Å². The van der Waals surface area contributed by atoms with Crippen LogP contribution >= 0.6 is 15.9 Å². The number of carboxylic acids is 1. The Morgan fingerprint density at radius 3 is 2.24 bits per heavy atom. The van der Waals surface area contributed by atoms with Gasteiger partial charge in [-0.25, -0.2) is 0 Å². The lowest BCUT2D eigenvalue weighted by atomic mass is 10.1. The van der Waals surface area contributed by atoms with Crippen molar-refractivity contribution < 1.29 is 23.1 Å². The van der Waals surface area contributed by atoms with Gasteiger partial charge in [0.1, 0.15) is 0 Å². The highest BCUT2D eigenvalue weighted by atomic mass is 79.9. The molecule has 1 rings (SSSR count). The molecule has 1 unspecified atom stereocenters. The predicted octanol–water partition coefficient (Wildman–Crippen LogP) is 3.73. The van der Waals surface area contributed by atoms with Gasteiger partial charge >= 0.3 is 12.1 Å². The second kappa shape index (κ2) is 5.35. The van der Waals surface area contributed by atoms with Crippen molar-refractivity contribution in [2.75, 3.05) is 0 Å². The zero-order valence-corrected chi connectivity index (χ0v) is 9.99. The average molecular weight is 309 g/mol. The minimum Gasteiger partial charge on any atom is -0.481 e. The van der Waals surface area contributed by atoms with Crippen LogP contribution in [0.25, 0.3) is 6.08 Å². The van der Waals surface area contributed by atoms with Crippen LogP contribution in [0.15, 0.2) is 34.8 Å².